The van der Waals surface area contributed by atoms with Crippen LogP contribution in [0.2, 0.25) is 0 Å². The molecule has 0 saturated heterocycles. The van der Waals surface area contributed by atoms with Gasteiger partial charge in [-0.2, -0.15) is 0 Å². The van der Waals surface area contributed by atoms with Gasteiger partial charge in [-0.3, -0.25) is 18.9 Å². The van der Waals surface area contributed by atoms with Crippen LogP contribution in [-0.4, -0.2) is 37.0 Å². The molecule has 42 heavy (non-hydrogen) atoms. The number of aromatic amines is 1. The van der Waals surface area contributed by atoms with Crippen molar-refractivity contribution in [1.29, 1.82) is 0 Å². The number of H-pyrrole nitrogens is 1. The topological polar surface area (TPSA) is 123 Å². The fourth-order valence-corrected chi connectivity index (χ4v) is 4.89. The van der Waals surface area contributed by atoms with Gasteiger partial charge < -0.3 is 9.84 Å². The summed E-state index contributed by atoms with van der Waals surface area (Å²) in [5.74, 6) is 0.992. The second-order valence-corrected chi connectivity index (χ2v) is 10.9. The number of aliphatic hydroxyl groups is 1. The molecule has 0 aliphatic rings. The third-order valence-corrected chi connectivity index (χ3v) is 6.87. The Labute approximate surface area is 243 Å². The van der Waals surface area contributed by atoms with Gasteiger partial charge in [0.05, 0.1) is 17.0 Å². The molecule has 9 heteroatoms. The molecule has 0 aliphatic carbocycles. The van der Waals surface area contributed by atoms with E-state index in [1.54, 1.807) is 30.5 Å². The summed E-state index contributed by atoms with van der Waals surface area (Å²) in [4.78, 5) is 32.9. The molecule has 0 spiro atoms. The maximum atomic E-state index is 13.9. The van der Waals surface area contributed by atoms with Gasteiger partial charge in [0.1, 0.15) is 18.2 Å². The van der Waals surface area contributed by atoms with Crippen LogP contribution in [0.3, 0.4) is 0 Å². The number of benzene rings is 3. The lowest BCUT2D eigenvalue weighted by Crippen LogP contribution is -2.28. The second-order valence-electron chi connectivity index (χ2n) is 10.9. The van der Waals surface area contributed by atoms with Crippen molar-refractivity contribution in [3.8, 4) is 34.0 Å². The fraction of sp³-hybridized carbons (Fsp3) is 0.273. The zero-order chi connectivity index (χ0) is 29.9. The van der Waals surface area contributed by atoms with E-state index in [-0.39, 0.29) is 12.2 Å². The van der Waals surface area contributed by atoms with Crippen LogP contribution in [-0.2, 0) is 12.8 Å². The number of aryl methyl sites for hydroxylation is 2. The number of ether oxygens (including phenoxy) is 1. The number of aromatic nitrogens is 4. The number of hydrogen-bond donors (Lipinski definition) is 2. The smallest absolute Gasteiger partial charge is 0.439 e. The maximum absolute atomic E-state index is 13.9. The van der Waals surface area contributed by atoms with E-state index in [1.165, 1.54) is 0 Å². The lowest BCUT2D eigenvalue weighted by Gasteiger charge is -2.18. The first-order valence-electron chi connectivity index (χ1n) is 13.9. The van der Waals surface area contributed by atoms with Crippen LogP contribution in [0.5, 0.6) is 5.75 Å². The average molecular weight is 567 g/mol. The van der Waals surface area contributed by atoms with Crippen molar-refractivity contribution in [3.05, 3.63) is 116 Å². The highest BCUT2D eigenvalue weighted by atomic mass is 16.5. The third kappa shape index (κ3) is 6.42. The van der Waals surface area contributed by atoms with Gasteiger partial charge in [0.25, 0.3) is 5.56 Å². The molecular formula is C33H34N4O5. The predicted octanol–water partition coefficient (Wildman–Crippen LogP) is 5.24. The van der Waals surface area contributed by atoms with E-state index in [0.717, 1.165) is 34.4 Å². The molecule has 2 heterocycles. The molecular weight excluding hydrogens is 532 g/mol. The molecule has 3 aromatic carbocycles. The van der Waals surface area contributed by atoms with E-state index < -0.39 is 11.4 Å². The molecule has 0 radical (unpaired) electrons. The Morgan fingerprint density at radius 2 is 1.67 bits per heavy atom. The molecule has 0 saturated carbocycles. The molecule has 5 rings (SSSR count). The van der Waals surface area contributed by atoms with Crippen LogP contribution in [0.25, 0.3) is 28.2 Å². The molecule has 5 aromatic rings. The zero-order valence-electron chi connectivity index (χ0n) is 24.2. The number of nitrogens with one attached hydrogen (secondary N) is 1. The van der Waals surface area contributed by atoms with Crippen molar-refractivity contribution in [2.24, 2.45) is 0 Å². The third-order valence-electron chi connectivity index (χ3n) is 6.87. The lowest BCUT2D eigenvalue weighted by molar-refractivity contribution is 0.0285. The summed E-state index contributed by atoms with van der Waals surface area (Å²) in [6, 6.07) is 22.9. The van der Waals surface area contributed by atoms with E-state index in [0.29, 0.717) is 41.5 Å². The Kier molecular flexibility index (Phi) is 8.22. The van der Waals surface area contributed by atoms with Crippen LogP contribution >= 0.6 is 0 Å². The summed E-state index contributed by atoms with van der Waals surface area (Å²) in [5, 5.41) is 13.8. The summed E-state index contributed by atoms with van der Waals surface area (Å²) in [7, 11) is 0. The Bertz CT molecular complexity index is 1790. The molecule has 216 valence electrons. The van der Waals surface area contributed by atoms with E-state index in [4.69, 9.17) is 14.2 Å². The molecule has 2 aromatic heterocycles. The Morgan fingerprint density at radius 1 is 0.976 bits per heavy atom. The SMILES string of the molecule is CCCc1nc(C)n(-c2ccc(OCC(C)(C)O)cc2)c(=O)c1Cc1ccc(-c2ccccc2-c2noc(=O)[nH]2)cc1. The second kappa shape index (κ2) is 12.0. The van der Waals surface area contributed by atoms with Crippen molar-refractivity contribution in [1.82, 2.24) is 19.7 Å². The van der Waals surface area contributed by atoms with Crippen molar-refractivity contribution >= 4 is 0 Å². The standard InChI is InChI=1S/C33H34N4O5/c1-5-8-29-28(31(38)37(21(2)34-29)24-15-17-25(18-16-24)41-20-33(3,4)40)19-22-11-13-23(14-12-22)26-9-6-7-10-27(26)30-35-32(39)42-36-30/h6-7,9-18,40H,5,8,19-20H2,1-4H3,(H,35,36,39). The van der Waals surface area contributed by atoms with Crippen LogP contribution in [0, 0.1) is 6.92 Å². The van der Waals surface area contributed by atoms with E-state index in [9.17, 15) is 14.7 Å². The highest BCUT2D eigenvalue weighted by molar-refractivity contribution is 5.80. The zero-order valence-corrected chi connectivity index (χ0v) is 24.2. The van der Waals surface area contributed by atoms with Gasteiger partial charge in [0.15, 0.2) is 5.82 Å². The first kappa shape index (κ1) is 28.8. The molecule has 2 N–H and O–H groups in total. The quantitative estimate of drug-likeness (QED) is 0.237. The van der Waals surface area contributed by atoms with Crippen LogP contribution in [0.1, 0.15) is 49.8 Å². The van der Waals surface area contributed by atoms with Crippen molar-refractivity contribution in [3.63, 3.8) is 0 Å². The van der Waals surface area contributed by atoms with Crippen molar-refractivity contribution < 1.29 is 14.4 Å². The lowest BCUT2D eigenvalue weighted by atomic mass is 9.96. The minimum Gasteiger partial charge on any atom is -0.491 e. The molecule has 0 aliphatic heterocycles. The monoisotopic (exact) mass is 566 g/mol. The summed E-state index contributed by atoms with van der Waals surface area (Å²) < 4.78 is 12.0. The highest BCUT2D eigenvalue weighted by Gasteiger charge is 2.18. The number of nitrogens with zero attached hydrogens (tertiary/aromatic N) is 3. The first-order valence-corrected chi connectivity index (χ1v) is 13.9. The normalized spacial score (nSPS) is 11.5. The summed E-state index contributed by atoms with van der Waals surface area (Å²) >= 11 is 0. The summed E-state index contributed by atoms with van der Waals surface area (Å²) in [6.07, 6.45) is 2.01. The molecule has 9 nitrogen and oxygen atoms in total. The summed E-state index contributed by atoms with van der Waals surface area (Å²) in [5.41, 5.74) is 4.70. The van der Waals surface area contributed by atoms with Crippen molar-refractivity contribution in [2.75, 3.05) is 6.61 Å². The Hall–Kier alpha value is -4.76. The van der Waals surface area contributed by atoms with Crippen LogP contribution in [0.15, 0.2) is 86.9 Å². The van der Waals surface area contributed by atoms with Gasteiger partial charge in [-0.15, -0.1) is 0 Å². The predicted molar refractivity (Wildman–Crippen MR) is 161 cm³/mol. The van der Waals surface area contributed by atoms with Crippen LogP contribution < -0.4 is 16.1 Å². The minimum absolute atomic E-state index is 0.0967. The maximum Gasteiger partial charge on any atom is 0.439 e. The Balaban J connectivity index is 1.45. The molecule has 0 bridgehead atoms. The van der Waals surface area contributed by atoms with Crippen molar-refractivity contribution in [2.45, 2.75) is 52.6 Å². The van der Waals surface area contributed by atoms with E-state index >= 15 is 0 Å². The molecule has 0 amide bonds. The molecule has 0 unspecified atom stereocenters. The molecule has 0 atom stereocenters. The average Bonchev–Trinajstić information content (AvgIpc) is 3.41. The largest absolute Gasteiger partial charge is 0.491 e. The van der Waals surface area contributed by atoms with Gasteiger partial charge in [-0.1, -0.05) is 67.0 Å². The van der Waals surface area contributed by atoms with Gasteiger partial charge in [0.2, 0.25) is 0 Å². The minimum atomic E-state index is -0.945. The number of rotatable bonds is 10. The van der Waals surface area contributed by atoms with Gasteiger partial charge in [-0.25, -0.2) is 9.78 Å². The van der Waals surface area contributed by atoms with Gasteiger partial charge in [-0.05, 0) is 68.1 Å². The first-order chi connectivity index (χ1) is 20.1. The highest BCUT2D eigenvalue weighted by Crippen LogP contribution is 2.30. The Morgan fingerprint density at radius 3 is 2.29 bits per heavy atom. The van der Waals surface area contributed by atoms with Gasteiger partial charge in [0, 0.05) is 17.5 Å². The van der Waals surface area contributed by atoms with E-state index in [2.05, 4.69) is 17.1 Å². The van der Waals surface area contributed by atoms with Crippen LogP contribution in [0.4, 0.5) is 0 Å². The molecule has 0 fully saturated rings. The summed E-state index contributed by atoms with van der Waals surface area (Å²) in [6.45, 7) is 7.45. The van der Waals surface area contributed by atoms with Gasteiger partial charge >= 0.3 is 5.76 Å². The van der Waals surface area contributed by atoms with E-state index in [1.807, 2.05) is 67.6 Å². The fourth-order valence-electron chi connectivity index (χ4n) is 4.89. The number of hydrogen-bond acceptors (Lipinski definition) is 7.